The molecule has 1 aliphatic rings. The maximum atomic E-state index is 12.5. The molecule has 1 aromatic heterocycles. The number of hydrogen-bond donors (Lipinski definition) is 0. The Balaban J connectivity index is 1.28. The van der Waals surface area contributed by atoms with E-state index in [1.807, 2.05) is 53.4 Å². The van der Waals surface area contributed by atoms with E-state index in [0.717, 1.165) is 49.0 Å². The summed E-state index contributed by atoms with van der Waals surface area (Å²) in [6.45, 7) is 4.24. The van der Waals surface area contributed by atoms with E-state index >= 15 is 0 Å². The van der Waals surface area contributed by atoms with Crippen molar-refractivity contribution < 1.29 is 4.79 Å². The Labute approximate surface area is 164 Å². The third-order valence-corrected chi connectivity index (χ3v) is 5.82. The Morgan fingerprint density at radius 2 is 1.59 bits per heavy atom. The number of nitrogens with zero attached hydrogens (tertiary/aromatic N) is 3. The van der Waals surface area contributed by atoms with Crippen molar-refractivity contribution in [2.24, 2.45) is 0 Å². The van der Waals surface area contributed by atoms with Gasteiger partial charge in [0.1, 0.15) is 5.01 Å². The number of aromatic nitrogens is 1. The van der Waals surface area contributed by atoms with Crippen molar-refractivity contribution in [3.8, 4) is 10.6 Å². The molecule has 2 heterocycles. The summed E-state index contributed by atoms with van der Waals surface area (Å²) in [5.74, 6) is 0.223. The molecule has 27 heavy (non-hydrogen) atoms. The van der Waals surface area contributed by atoms with Crippen LogP contribution in [0.25, 0.3) is 10.6 Å². The van der Waals surface area contributed by atoms with E-state index < -0.39 is 0 Å². The van der Waals surface area contributed by atoms with Crippen molar-refractivity contribution in [3.05, 3.63) is 77.3 Å². The summed E-state index contributed by atoms with van der Waals surface area (Å²) in [6.07, 6.45) is 0.493. The number of thiazole rings is 1. The molecule has 4 nitrogen and oxygen atoms in total. The summed E-state index contributed by atoms with van der Waals surface area (Å²) in [5.41, 5.74) is 3.37. The predicted molar refractivity (Wildman–Crippen MR) is 110 cm³/mol. The second kappa shape index (κ2) is 8.46. The van der Waals surface area contributed by atoms with E-state index in [9.17, 15) is 4.79 Å². The largest absolute Gasteiger partial charge is 0.340 e. The van der Waals surface area contributed by atoms with Crippen LogP contribution in [-0.4, -0.2) is 46.9 Å². The molecule has 0 N–H and O–H groups in total. The molecule has 1 saturated heterocycles. The molecule has 0 aliphatic carbocycles. The van der Waals surface area contributed by atoms with Crippen LogP contribution in [0.2, 0.25) is 0 Å². The minimum Gasteiger partial charge on any atom is -0.340 e. The Bertz CT molecular complexity index is 871. The highest BCUT2D eigenvalue weighted by Gasteiger charge is 2.21. The second-order valence-corrected chi connectivity index (χ2v) is 7.69. The molecule has 138 valence electrons. The first-order chi connectivity index (χ1) is 13.3. The van der Waals surface area contributed by atoms with Gasteiger partial charge in [-0.2, -0.15) is 0 Å². The number of amides is 1. The SMILES string of the molecule is O=C(Cc1ccccc1)N1CCN(Cc2csc(-c3ccccc3)n2)CC1. The highest BCUT2D eigenvalue weighted by Crippen LogP contribution is 2.24. The number of benzene rings is 2. The topological polar surface area (TPSA) is 36.4 Å². The van der Waals surface area contributed by atoms with Gasteiger partial charge in [0.05, 0.1) is 12.1 Å². The zero-order valence-corrected chi connectivity index (χ0v) is 16.1. The smallest absolute Gasteiger partial charge is 0.227 e. The first-order valence-corrected chi connectivity index (χ1v) is 10.2. The molecular formula is C22H23N3OS. The average Bonchev–Trinajstić information content (AvgIpc) is 3.18. The van der Waals surface area contributed by atoms with Gasteiger partial charge in [0.15, 0.2) is 0 Å². The van der Waals surface area contributed by atoms with Crippen molar-refractivity contribution in [1.29, 1.82) is 0 Å². The van der Waals surface area contributed by atoms with Crippen LogP contribution in [0, 0.1) is 0 Å². The van der Waals surface area contributed by atoms with E-state index in [1.165, 1.54) is 5.56 Å². The molecule has 0 unspecified atom stereocenters. The molecule has 4 rings (SSSR count). The predicted octanol–water partition coefficient (Wildman–Crippen LogP) is 3.70. The Kier molecular flexibility index (Phi) is 5.61. The summed E-state index contributed by atoms with van der Waals surface area (Å²) < 4.78 is 0. The van der Waals surface area contributed by atoms with E-state index in [-0.39, 0.29) is 5.91 Å². The van der Waals surface area contributed by atoms with Crippen LogP contribution in [0.15, 0.2) is 66.0 Å². The molecule has 0 radical (unpaired) electrons. The van der Waals surface area contributed by atoms with E-state index in [0.29, 0.717) is 6.42 Å². The minimum absolute atomic E-state index is 0.223. The normalized spacial score (nSPS) is 15.0. The third-order valence-electron chi connectivity index (χ3n) is 4.88. The van der Waals surface area contributed by atoms with Gasteiger partial charge in [-0.25, -0.2) is 4.98 Å². The lowest BCUT2D eigenvalue weighted by atomic mass is 10.1. The lowest BCUT2D eigenvalue weighted by molar-refractivity contribution is -0.132. The lowest BCUT2D eigenvalue weighted by Gasteiger charge is -2.34. The Hall–Kier alpha value is -2.50. The van der Waals surface area contributed by atoms with Crippen LogP contribution in [0.1, 0.15) is 11.3 Å². The Morgan fingerprint density at radius 1 is 0.926 bits per heavy atom. The van der Waals surface area contributed by atoms with Gasteiger partial charge >= 0.3 is 0 Å². The van der Waals surface area contributed by atoms with E-state index in [2.05, 4.69) is 22.4 Å². The molecule has 1 aliphatic heterocycles. The van der Waals surface area contributed by atoms with Crippen molar-refractivity contribution in [2.45, 2.75) is 13.0 Å². The number of carbonyl (C=O) groups excluding carboxylic acids is 1. The first kappa shape index (κ1) is 17.9. The van der Waals surface area contributed by atoms with Crippen LogP contribution >= 0.6 is 11.3 Å². The van der Waals surface area contributed by atoms with Crippen LogP contribution in [-0.2, 0) is 17.8 Å². The quantitative estimate of drug-likeness (QED) is 0.680. The fourth-order valence-corrected chi connectivity index (χ4v) is 4.18. The monoisotopic (exact) mass is 377 g/mol. The van der Waals surface area contributed by atoms with Gasteiger partial charge in [0.2, 0.25) is 5.91 Å². The third kappa shape index (κ3) is 4.62. The summed E-state index contributed by atoms with van der Waals surface area (Å²) in [7, 11) is 0. The summed E-state index contributed by atoms with van der Waals surface area (Å²) in [6, 6.07) is 20.3. The van der Waals surface area contributed by atoms with E-state index in [1.54, 1.807) is 11.3 Å². The number of rotatable bonds is 5. The molecule has 5 heteroatoms. The van der Waals surface area contributed by atoms with Crippen LogP contribution in [0.5, 0.6) is 0 Å². The molecular weight excluding hydrogens is 354 g/mol. The zero-order valence-electron chi connectivity index (χ0n) is 15.3. The van der Waals surface area contributed by atoms with Gasteiger partial charge in [-0.05, 0) is 5.56 Å². The average molecular weight is 378 g/mol. The van der Waals surface area contributed by atoms with Gasteiger partial charge < -0.3 is 4.90 Å². The lowest BCUT2D eigenvalue weighted by Crippen LogP contribution is -2.48. The van der Waals surface area contributed by atoms with Gasteiger partial charge in [-0.15, -0.1) is 11.3 Å². The van der Waals surface area contributed by atoms with Crippen LogP contribution < -0.4 is 0 Å². The maximum absolute atomic E-state index is 12.5. The van der Waals surface area contributed by atoms with Crippen molar-refractivity contribution in [3.63, 3.8) is 0 Å². The fraction of sp³-hybridized carbons (Fsp3) is 0.273. The Morgan fingerprint density at radius 3 is 2.30 bits per heavy atom. The van der Waals surface area contributed by atoms with Crippen molar-refractivity contribution >= 4 is 17.2 Å². The highest BCUT2D eigenvalue weighted by atomic mass is 32.1. The molecule has 1 fully saturated rings. The van der Waals surface area contributed by atoms with Gasteiger partial charge in [0, 0.05) is 43.7 Å². The molecule has 1 amide bonds. The summed E-state index contributed by atoms with van der Waals surface area (Å²) in [4.78, 5) is 21.6. The second-order valence-electron chi connectivity index (χ2n) is 6.83. The fourth-order valence-electron chi connectivity index (χ4n) is 3.36. The zero-order chi connectivity index (χ0) is 18.5. The molecule has 2 aromatic carbocycles. The van der Waals surface area contributed by atoms with Crippen LogP contribution in [0.3, 0.4) is 0 Å². The van der Waals surface area contributed by atoms with Gasteiger partial charge in [0.25, 0.3) is 0 Å². The standard InChI is InChI=1S/C22H23N3OS/c26-21(15-18-7-3-1-4-8-18)25-13-11-24(12-14-25)16-20-17-27-22(23-20)19-9-5-2-6-10-19/h1-10,17H,11-16H2. The summed E-state index contributed by atoms with van der Waals surface area (Å²) >= 11 is 1.70. The van der Waals surface area contributed by atoms with E-state index in [4.69, 9.17) is 4.98 Å². The van der Waals surface area contributed by atoms with Gasteiger partial charge in [-0.3, -0.25) is 9.69 Å². The first-order valence-electron chi connectivity index (χ1n) is 9.32. The molecule has 0 saturated carbocycles. The van der Waals surface area contributed by atoms with Gasteiger partial charge in [-0.1, -0.05) is 60.7 Å². The molecule has 0 spiro atoms. The number of carbonyl (C=O) groups is 1. The van der Waals surface area contributed by atoms with Crippen LogP contribution in [0.4, 0.5) is 0 Å². The molecule has 0 atom stereocenters. The van der Waals surface area contributed by atoms with Crippen molar-refractivity contribution in [1.82, 2.24) is 14.8 Å². The maximum Gasteiger partial charge on any atom is 0.227 e. The minimum atomic E-state index is 0.223. The molecule has 3 aromatic rings. The highest BCUT2D eigenvalue weighted by molar-refractivity contribution is 7.13. The molecule has 0 bridgehead atoms. The summed E-state index contributed by atoms with van der Waals surface area (Å²) in [5, 5.41) is 3.22. The number of hydrogen-bond acceptors (Lipinski definition) is 4. The number of piperazine rings is 1. The van der Waals surface area contributed by atoms with Crippen molar-refractivity contribution in [2.75, 3.05) is 26.2 Å².